The second-order valence-electron chi connectivity index (χ2n) is 10.1. The third-order valence-electron chi connectivity index (χ3n) is 8.03. The number of methoxy groups -OCH3 is 2. The van der Waals surface area contributed by atoms with E-state index in [1.807, 2.05) is 14.2 Å². The van der Waals surface area contributed by atoms with Crippen LogP contribution in [0.4, 0.5) is 0 Å². The van der Waals surface area contributed by atoms with Gasteiger partial charge in [0.25, 0.3) is 0 Å². The van der Waals surface area contributed by atoms with Crippen molar-refractivity contribution in [3.05, 3.63) is 95.1 Å². The van der Waals surface area contributed by atoms with Crippen LogP contribution >= 0.6 is 0 Å². The van der Waals surface area contributed by atoms with Gasteiger partial charge in [0.1, 0.15) is 11.5 Å². The Morgan fingerprint density at radius 2 is 0.889 bits per heavy atom. The Morgan fingerprint density at radius 3 is 1.28 bits per heavy atom. The predicted octanol–water partition coefficient (Wildman–Crippen LogP) is 8.46. The van der Waals surface area contributed by atoms with E-state index in [0.29, 0.717) is 0 Å². The molecule has 182 valence electrons. The smallest absolute Gasteiger partial charge is 0.134 e. The van der Waals surface area contributed by atoms with Gasteiger partial charge in [-0.05, 0) is 96.9 Å². The molecule has 36 heavy (non-hydrogen) atoms. The van der Waals surface area contributed by atoms with Crippen molar-refractivity contribution in [2.75, 3.05) is 14.2 Å². The lowest BCUT2D eigenvalue weighted by molar-refractivity contribution is 0.410. The second kappa shape index (κ2) is 9.85. The molecule has 4 aromatic carbocycles. The summed E-state index contributed by atoms with van der Waals surface area (Å²) in [5, 5.41) is 0. The van der Waals surface area contributed by atoms with Crippen LogP contribution in [0.5, 0.6) is 11.5 Å². The van der Waals surface area contributed by atoms with Crippen LogP contribution in [0.15, 0.2) is 72.8 Å². The Hall–Kier alpha value is -3.52. The summed E-state index contributed by atoms with van der Waals surface area (Å²) in [6.07, 6.45) is 9.34. The van der Waals surface area contributed by atoms with E-state index in [0.717, 1.165) is 37.2 Å². The van der Waals surface area contributed by atoms with E-state index in [4.69, 9.17) is 9.47 Å². The van der Waals surface area contributed by atoms with Crippen molar-refractivity contribution in [3.63, 3.8) is 0 Å². The van der Waals surface area contributed by atoms with E-state index in [1.54, 1.807) is 0 Å². The maximum atomic E-state index is 6.33. The molecule has 2 nitrogen and oxygen atoms in total. The minimum absolute atomic E-state index is 0.984. The van der Waals surface area contributed by atoms with Crippen LogP contribution in [0.2, 0.25) is 0 Å². The standard InChI is InChI=1S/C34H34O2/c1-35-33-29(23-13-5-3-6-14-23)21-25-17-9-11-19-27(25)31(33)32-28-20-12-10-18-26(28)22-30(34(32)36-2)24-15-7-4-8-16-24/h3-8,13-16,21-22H,9-12,17-20H2,1-2H3. The van der Waals surface area contributed by atoms with Gasteiger partial charge in [-0.3, -0.25) is 0 Å². The summed E-state index contributed by atoms with van der Waals surface area (Å²) in [5.74, 6) is 1.97. The zero-order chi connectivity index (χ0) is 24.5. The van der Waals surface area contributed by atoms with Crippen LogP contribution in [0.1, 0.15) is 47.9 Å². The van der Waals surface area contributed by atoms with Crippen LogP contribution in [0, 0.1) is 0 Å². The first kappa shape index (κ1) is 22.9. The quantitative estimate of drug-likeness (QED) is 0.289. The van der Waals surface area contributed by atoms with E-state index < -0.39 is 0 Å². The first-order valence-electron chi connectivity index (χ1n) is 13.4. The van der Waals surface area contributed by atoms with Gasteiger partial charge in [0.05, 0.1) is 14.2 Å². The molecule has 0 aliphatic heterocycles. The molecule has 6 rings (SSSR count). The number of ether oxygens (including phenoxy) is 2. The minimum atomic E-state index is 0.984. The van der Waals surface area contributed by atoms with Crippen molar-refractivity contribution in [1.29, 1.82) is 0 Å². The summed E-state index contributed by atoms with van der Waals surface area (Å²) in [6, 6.07) is 26.2. The van der Waals surface area contributed by atoms with Crippen molar-refractivity contribution < 1.29 is 9.47 Å². The van der Waals surface area contributed by atoms with Crippen molar-refractivity contribution in [1.82, 2.24) is 0 Å². The molecule has 0 heterocycles. The van der Waals surface area contributed by atoms with Crippen molar-refractivity contribution in [3.8, 4) is 44.9 Å². The van der Waals surface area contributed by atoms with E-state index >= 15 is 0 Å². The van der Waals surface area contributed by atoms with Crippen molar-refractivity contribution in [2.45, 2.75) is 51.4 Å². The Labute approximate surface area is 214 Å². The zero-order valence-corrected chi connectivity index (χ0v) is 21.4. The number of hydrogen-bond donors (Lipinski definition) is 0. The van der Waals surface area contributed by atoms with Crippen LogP contribution in [0.25, 0.3) is 33.4 Å². The summed E-state index contributed by atoms with van der Waals surface area (Å²) in [7, 11) is 3.67. The van der Waals surface area contributed by atoms with Gasteiger partial charge in [0.15, 0.2) is 0 Å². The zero-order valence-electron chi connectivity index (χ0n) is 21.4. The highest BCUT2D eigenvalue weighted by Crippen LogP contribution is 2.52. The molecule has 0 bridgehead atoms. The maximum Gasteiger partial charge on any atom is 0.134 e. The highest BCUT2D eigenvalue weighted by molar-refractivity contribution is 5.94. The molecule has 4 aromatic rings. The monoisotopic (exact) mass is 474 g/mol. The molecule has 2 aliphatic rings. The number of hydrogen-bond acceptors (Lipinski definition) is 2. The fourth-order valence-electron chi connectivity index (χ4n) is 6.39. The first-order valence-corrected chi connectivity index (χ1v) is 13.4. The summed E-state index contributed by atoms with van der Waals surface area (Å²) in [5.41, 5.74) is 13.1. The average molecular weight is 475 g/mol. The van der Waals surface area contributed by atoms with Gasteiger partial charge in [-0.25, -0.2) is 0 Å². The molecule has 0 radical (unpaired) electrons. The molecule has 0 unspecified atom stereocenters. The molecule has 2 aliphatic carbocycles. The summed E-state index contributed by atoms with van der Waals surface area (Å²) in [4.78, 5) is 0. The molecule has 0 fully saturated rings. The predicted molar refractivity (Wildman–Crippen MR) is 149 cm³/mol. The molecular formula is C34H34O2. The summed E-state index contributed by atoms with van der Waals surface area (Å²) in [6.45, 7) is 0. The Morgan fingerprint density at radius 1 is 0.500 bits per heavy atom. The Balaban J connectivity index is 1.74. The highest BCUT2D eigenvalue weighted by Gasteiger charge is 2.30. The van der Waals surface area contributed by atoms with Gasteiger partial charge in [-0.2, -0.15) is 0 Å². The second-order valence-corrected chi connectivity index (χ2v) is 10.1. The first-order chi connectivity index (χ1) is 17.8. The lowest BCUT2D eigenvalue weighted by Crippen LogP contribution is -2.12. The molecule has 0 amide bonds. The molecular weight excluding hydrogens is 440 g/mol. The summed E-state index contributed by atoms with van der Waals surface area (Å²) >= 11 is 0. The Bertz CT molecular complexity index is 1280. The van der Waals surface area contributed by atoms with Gasteiger partial charge in [-0.15, -0.1) is 0 Å². The number of benzene rings is 4. The number of aryl methyl sites for hydroxylation is 2. The molecule has 0 atom stereocenters. The summed E-state index contributed by atoms with van der Waals surface area (Å²) < 4.78 is 12.7. The van der Waals surface area contributed by atoms with E-state index in [-0.39, 0.29) is 0 Å². The maximum absolute atomic E-state index is 6.33. The van der Waals surface area contributed by atoms with E-state index in [9.17, 15) is 0 Å². The normalized spacial score (nSPS) is 14.6. The minimum Gasteiger partial charge on any atom is -0.495 e. The third-order valence-corrected chi connectivity index (χ3v) is 8.03. The molecule has 0 saturated heterocycles. The van der Waals surface area contributed by atoms with Gasteiger partial charge < -0.3 is 9.47 Å². The van der Waals surface area contributed by atoms with Crippen LogP contribution in [-0.4, -0.2) is 14.2 Å². The van der Waals surface area contributed by atoms with Crippen molar-refractivity contribution >= 4 is 0 Å². The highest BCUT2D eigenvalue weighted by atomic mass is 16.5. The van der Waals surface area contributed by atoms with Gasteiger partial charge in [-0.1, -0.05) is 60.7 Å². The molecule has 0 N–H and O–H groups in total. The molecule has 0 saturated carbocycles. The van der Waals surface area contributed by atoms with Crippen LogP contribution in [-0.2, 0) is 25.7 Å². The van der Waals surface area contributed by atoms with Gasteiger partial charge in [0.2, 0.25) is 0 Å². The number of rotatable bonds is 5. The van der Waals surface area contributed by atoms with Crippen LogP contribution in [0.3, 0.4) is 0 Å². The molecule has 0 spiro atoms. The van der Waals surface area contributed by atoms with E-state index in [2.05, 4.69) is 72.8 Å². The van der Waals surface area contributed by atoms with Gasteiger partial charge >= 0.3 is 0 Å². The van der Waals surface area contributed by atoms with Gasteiger partial charge in [0, 0.05) is 22.3 Å². The molecule has 2 heteroatoms. The average Bonchev–Trinajstić information content (AvgIpc) is 2.96. The van der Waals surface area contributed by atoms with Crippen molar-refractivity contribution in [2.24, 2.45) is 0 Å². The lowest BCUT2D eigenvalue weighted by atomic mass is 9.77. The van der Waals surface area contributed by atoms with Crippen LogP contribution < -0.4 is 9.47 Å². The SMILES string of the molecule is COc1c(-c2ccccc2)cc2c(c1-c1c3c(cc(-c4ccccc4)c1OC)CCCC3)CCCC2. The Kier molecular flexibility index (Phi) is 6.27. The fraction of sp³-hybridized carbons (Fsp3) is 0.294. The fourth-order valence-corrected chi connectivity index (χ4v) is 6.39. The number of fused-ring (bicyclic) bond motifs is 2. The largest absolute Gasteiger partial charge is 0.495 e. The molecule has 0 aromatic heterocycles. The third kappa shape index (κ3) is 3.89. The lowest BCUT2D eigenvalue weighted by Gasteiger charge is -2.30. The van der Waals surface area contributed by atoms with E-state index in [1.165, 1.54) is 81.3 Å². The topological polar surface area (TPSA) is 18.5 Å².